The van der Waals surface area contributed by atoms with E-state index >= 15 is 0 Å². The highest BCUT2D eigenvalue weighted by molar-refractivity contribution is 7.88. The monoisotopic (exact) mass is 215 g/mol. The molecule has 0 aliphatic carbocycles. The number of sulfonamides is 1. The molecule has 3 nitrogen and oxygen atoms in total. The molecule has 2 fully saturated rings. The number of fused-ring (bicyclic) bond motifs is 2. The molecule has 0 aromatic carbocycles. The molecule has 2 aliphatic heterocycles. The van der Waals surface area contributed by atoms with Crippen LogP contribution in [0.25, 0.3) is 0 Å². The van der Waals surface area contributed by atoms with Gasteiger partial charge in [-0.2, -0.15) is 4.31 Å². The summed E-state index contributed by atoms with van der Waals surface area (Å²) >= 11 is 0. The van der Waals surface area contributed by atoms with Gasteiger partial charge in [-0.05, 0) is 25.7 Å². The molecule has 4 heteroatoms. The second-order valence-electron chi connectivity index (χ2n) is 4.49. The van der Waals surface area contributed by atoms with Crippen molar-refractivity contribution in [3.05, 3.63) is 12.2 Å². The minimum Gasteiger partial charge on any atom is -0.212 e. The first-order chi connectivity index (χ1) is 6.48. The van der Waals surface area contributed by atoms with Crippen molar-refractivity contribution in [3.63, 3.8) is 0 Å². The Bertz CT molecular complexity index is 331. The first-order valence-corrected chi connectivity index (χ1v) is 6.98. The summed E-state index contributed by atoms with van der Waals surface area (Å²) in [5.41, 5.74) is 1.22. The maximum Gasteiger partial charge on any atom is 0.211 e. The molecule has 0 saturated carbocycles. The Labute approximate surface area is 85.8 Å². The van der Waals surface area contributed by atoms with Crippen LogP contribution in [0.15, 0.2) is 12.2 Å². The fourth-order valence-electron chi connectivity index (χ4n) is 2.82. The lowest BCUT2D eigenvalue weighted by molar-refractivity contribution is 0.153. The standard InChI is InChI=1S/C10H17NO2S/c1-8-6-9-4-3-5-10(7-8)11(9)14(2,12)13/h9-10H,1,3-7H2,2H3/t9-,10+. The van der Waals surface area contributed by atoms with Crippen molar-refractivity contribution in [2.45, 2.75) is 44.2 Å². The van der Waals surface area contributed by atoms with Crippen LogP contribution in [0.2, 0.25) is 0 Å². The van der Waals surface area contributed by atoms with Gasteiger partial charge in [-0.3, -0.25) is 0 Å². The third-order valence-electron chi connectivity index (χ3n) is 3.23. The summed E-state index contributed by atoms with van der Waals surface area (Å²) in [6.07, 6.45) is 6.22. The van der Waals surface area contributed by atoms with E-state index in [1.54, 1.807) is 4.31 Å². The third kappa shape index (κ3) is 1.73. The molecule has 2 rings (SSSR count). The predicted octanol–water partition coefficient (Wildman–Crippen LogP) is 1.52. The number of hydrogen-bond acceptors (Lipinski definition) is 2. The van der Waals surface area contributed by atoms with Crippen LogP contribution in [-0.2, 0) is 10.0 Å². The minimum atomic E-state index is -3.02. The van der Waals surface area contributed by atoms with Crippen molar-refractivity contribution >= 4 is 10.0 Å². The second kappa shape index (κ2) is 3.35. The van der Waals surface area contributed by atoms with Crippen LogP contribution in [0.1, 0.15) is 32.1 Å². The lowest BCUT2D eigenvalue weighted by Crippen LogP contribution is -2.52. The molecular formula is C10H17NO2S. The predicted molar refractivity (Wildman–Crippen MR) is 56.5 cm³/mol. The largest absolute Gasteiger partial charge is 0.212 e. The molecule has 2 aliphatic rings. The summed E-state index contributed by atoms with van der Waals surface area (Å²) in [6.45, 7) is 3.99. The van der Waals surface area contributed by atoms with Crippen LogP contribution in [0.4, 0.5) is 0 Å². The number of piperidine rings is 2. The zero-order valence-electron chi connectivity index (χ0n) is 8.57. The molecule has 0 amide bonds. The summed E-state index contributed by atoms with van der Waals surface area (Å²) < 4.78 is 24.9. The van der Waals surface area contributed by atoms with E-state index < -0.39 is 10.0 Å². The van der Waals surface area contributed by atoms with Gasteiger partial charge in [0.15, 0.2) is 0 Å². The average molecular weight is 215 g/mol. The highest BCUT2D eigenvalue weighted by atomic mass is 32.2. The Hall–Kier alpha value is -0.350. The topological polar surface area (TPSA) is 37.4 Å². The number of nitrogens with zero attached hydrogens (tertiary/aromatic N) is 1. The van der Waals surface area contributed by atoms with E-state index in [1.165, 1.54) is 11.8 Å². The van der Waals surface area contributed by atoms with Crippen molar-refractivity contribution < 1.29 is 8.42 Å². The van der Waals surface area contributed by atoms with Crippen LogP contribution in [0.5, 0.6) is 0 Å². The second-order valence-corrected chi connectivity index (χ2v) is 6.38. The third-order valence-corrected chi connectivity index (χ3v) is 4.59. The average Bonchev–Trinajstić information content (AvgIpc) is 1.99. The molecule has 80 valence electrons. The summed E-state index contributed by atoms with van der Waals surface area (Å²) in [4.78, 5) is 0. The smallest absolute Gasteiger partial charge is 0.211 e. The van der Waals surface area contributed by atoms with E-state index in [0.717, 1.165) is 32.1 Å². The summed E-state index contributed by atoms with van der Waals surface area (Å²) in [6, 6.07) is 0.398. The van der Waals surface area contributed by atoms with E-state index in [-0.39, 0.29) is 12.1 Å². The lowest BCUT2D eigenvalue weighted by Gasteiger charge is -2.45. The SMILES string of the molecule is C=C1C[C@H]2CCC[C@@H](C1)N2S(C)(=O)=O. The van der Waals surface area contributed by atoms with Gasteiger partial charge in [-0.15, -0.1) is 0 Å². The molecule has 14 heavy (non-hydrogen) atoms. The van der Waals surface area contributed by atoms with Crippen LogP contribution in [-0.4, -0.2) is 31.1 Å². The molecule has 0 aromatic rings. The van der Waals surface area contributed by atoms with Gasteiger partial charge in [0.2, 0.25) is 10.0 Å². The van der Waals surface area contributed by atoms with Crippen LogP contribution in [0.3, 0.4) is 0 Å². The van der Waals surface area contributed by atoms with Gasteiger partial charge in [-0.25, -0.2) is 8.42 Å². The van der Waals surface area contributed by atoms with Crippen molar-refractivity contribution in [2.75, 3.05) is 6.26 Å². The Kier molecular flexibility index (Phi) is 2.43. The first-order valence-electron chi connectivity index (χ1n) is 5.13. The Morgan fingerprint density at radius 1 is 1.29 bits per heavy atom. The Morgan fingerprint density at radius 3 is 2.21 bits per heavy atom. The van der Waals surface area contributed by atoms with Crippen LogP contribution in [0, 0.1) is 0 Å². The first kappa shape index (κ1) is 10.2. The fourth-order valence-corrected chi connectivity index (χ4v) is 4.26. The van der Waals surface area contributed by atoms with Gasteiger partial charge >= 0.3 is 0 Å². The van der Waals surface area contributed by atoms with Gasteiger partial charge in [0.25, 0.3) is 0 Å². The van der Waals surface area contributed by atoms with Crippen molar-refractivity contribution in [1.82, 2.24) is 4.31 Å². The van der Waals surface area contributed by atoms with Crippen LogP contribution < -0.4 is 0 Å². The minimum absolute atomic E-state index is 0.199. The van der Waals surface area contributed by atoms with E-state index in [1.807, 2.05) is 0 Å². The summed E-state index contributed by atoms with van der Waals surface area (Å²) in [7, 11) is -3.02. The van der Waals surface area contributed by atoms with Gasteiger partial charge in [0.05, 0.1) is 6.26 Å². The highest BCUT2D eigenvalue weighted by Gasteiger charge is 2.40. The number of rotatable bonds is 1. The van der Waals surface area contributed by atoms with E-state index in [9.17, 15) is 8.42 Å². The van der Waals surface area contributed by atoms with Gasteiger partial charge in [0.1, 0.15) is 0 Å². The summed E-state index contributed by atoms with van der Waals surface area (Å²) in [5.74, 6) is 0. The van der Waals surface area contributed by atoms with Gasteiger partial charge in [-0.1, -0.05) is 18.6 Å². The van der Waals surface area contributed by atoms with Crippen LogP contribution >= 0.6 is 0 Å². The van der Waals surface area contributed by atoms with Crippen molar-refractivity contribution in [1.29, 1.82) is 0 Å². The Morgan fingerprint density at radius 2 is 1.79 bits per heavy atom. The molecule has 0 aromatic heterocycles. The van der Waals surface area contributed by atoms with Crippen molar-refractivity contribution in [2.24, 2.45) is 0 Å². The molecule has 0 spiro atoms. The maximum absolute atomic E-state index is 11.6. The van der Waals surface area contributed by atoms with E-state index in [0.29, 0.717) is 0 Å². The molecule has 2 atom stereocenters. The zero-order valence-corrected chi connectivity index (χ0v) is 9.39. The normalized spacial score (nSPS) is 34.5. The van der Waals surface area contributed by atoms with Gasteiger partial charge < -0.3 is 0 Å². The van der Waals surface area contributed by atoms with Crippen molar-refractivity contribution in [3.8, 4) is 0 Å². The fraction of sp³-hybridized carbons (Fsp3) is 0.800. The maximum atomic E-state index is 11.6. The zero-order chi connectivity index (χ0) is 10.3. The Balaban J connectivity index is 2.30. The molecule has 2 heterocycles. The highest BCUT2D eigenvalue weighted by Crippen LogP contribution is 2.37. The molecular weight excluding hydrogens is 198 g/mol. The van der Waals surface area contributed by atoms with E-state index in [2.05, 4.69) is 6.58 Å². The molecule has 0 radical (unpaired) electrons. The van der Waals surface area contributed by atoms with E-state index in [4.69, 9.17) is 0 Å². The number of hydrogen-bond donors (Lipinski definition) is 0. The summed E-state index contributed by atoms with van der Waals surface area (Å²) in [5, 5.41) is 0. The quantitative estimate of drug-likeness (QED) is 0.622. The lowest BCUT2D eigenvalue weighted by atomic mass is 9.84. The molecule has 0 unspecified atom stereocenters. The molecule has 0 N–H and O–H groups in total. The molecule has 2 saturated heterocycles. The van der Waals surface area contributed by atoms with Gasteiger partial charge in [0, 0.05) is 12.1 Å². The molecule has 2 bridgehead atoms.